The van der Waals surface area contributed by atoms with Crippen LogP contribution in [0.25, 0.3) is 0 Å². The van der Waals surface area contributed by atoms with Crippen LogP contribution in [0.15, 0.2) is 24.3 Å². The van der Waals surface area contributed by atoms with Crippen molar-refractivity contribution in [3.05, 3.63) is 29.8 Å². The molecule has 0 bridgehead atoms. The molecule has 4 N–H and O–H groups in total. The van der Waals surface area contributed by atoms with Crippen molar-refractivity contribution in [1.29, 1.82) is 0 Å². The minimum absolute atomic E-state index is 0.223. The Labute approximate surface area is 89.9 Å². The van der Waals surface area contributed by atoms with Gasteiger partial charge < -0.3 is 5.73 Å². The Morgan fingerprint density at radius 1 is 1.33 bits per heavy atom. The molecule has 0 saturated heterocycles. The summed E-state index contributed by atoms with van der Waals surface area (Å²) in [5.74, 6) is 0. The van der Waals surface area contributed by atoms with Crippen molar-refractivity contribution in [1.82, 2.24) is 4.72 Å². The smallest absolute Gasteiger partial charge is 0.299 e. The van der Waals surface area contributed by atoms with Crippen LogP contribution in [-0.4, -0.2) is 21.5 Å². The third kappa shape index (κ3) is 3.86. The predicted octanol–water partition coefficient (Wildman–Crippen LogP) is 0.200. The van der Waals surface area contributed by atoms with Gasteiger partial charge >= 0.3 is 0 Å². The van der Waals surface area contributed by atoms with Gasteiger partial charge in [-0.15, -0.1) is 0 Å². The van der Waals surface area contributed by atoms with E-state index in [1.54, 1.807) is 12.1 Å². The molecular weight excluding hydrogens is 214 g/mol. The summed E-state index contributed by atoms with van der Waals surface area (Å²) < 4.78 is 27.6. The van der Waals surface area contributed by atoms with Crippen LogP contribution in [0.5, 0.6) is 0 Å². The highest BCUT2D eigenvalue weighted by molar-refractivity contribution is 7.90. The van der Waals surface area contributed by atoms with Gasteiger partial charge in [-0.25, -0.2) is 0 Å². The van der Waals surface area contributed by atoms with Gasteiger partial charge in [0.1, 0.15) is 0 Å². The fourth-order valence-corrected chi connectivity index (χ4v) is 2.04. The van der Waals surface area contributed by atoms with Crippen LogP contribution in [0.1, 0.15) is 5.56 Å². The highest BCUT2D eigenvalue weighted by Gasteiger charge is 2.09. The second-order valence-corrected chi connectivity index (χ2v) is 4.60. The molecule has 0 radical (unpaired) electrons. The van der Waals surface area contributed by atoms with E-state index in [0.717, 1.165) is 5.56 Å². The van der Waals surface area contributed by atoms with E-state index in [2.05, 4.69) is 9.44 Å². The lowest BCUT2D eigenvalue weighted by Gasteiger charge is -2.10. The first kappa shape index (κ1) is 12.0. The lowest BCUT2D eigenvalue weighted by Crippen LogP contribution is -2.34. The maximum atomic E-state index is 11.4. The van der Waals surface area contributed by atoms with Gasteiger partial charge in [0, 0.05) is 13.1 Å². The van der Waals surface area contributed by atoms with Gasteiger partial charge in [0.05, 0.1) is 5.69 Å². The number of hydrogen-bond acceptors (Lipinski definition) is 3. The van der Waals surface area contributed by atoms with Gasteiger partial charge in [0.2, 0.25) is 0 Å². The number of aryl methyl sites for hydroxylation is 1. The van der Waals surface area contributed by atoms with Crippen molar-refractivity contribution >= 4 is 15.9 Å². The molecule has 1 aromatic rings. The summed E-state index contributed by atoms with van der Waals surface area (Å²) in [6.07, 6.45) is 0. The Morgan fingerprint density at radius 2 is 2.00 bits per heavy atom. The van der Waals surface area contributed by atoms with Crippen molar-refractivity contribution in [2.24, 2.45) is 5.73 Å². The highest BCUT2D eigenvalue weighted by atomic mass is 32.2. The van der Waals surface area contributed by atoms with Gasteiger partial charge in [-0.3, -0.25) is 4.72 Å². The molecule has 1 aromatic carbocycles. The number of nitrogens with one attached hydrogen (secondary N) is 2. The van der Waals surface area contributed by atoms with Gasteiger partial charge in [0.25, 0.3) is 10.2 Å². The maximum Gasteiger partial charge on any atom is 0.299 e. The zero-order valence-corrected chi connectivity index (χ0v) is 9.34. The first-order valence-electron chi connectivity index (χ1n) is 4.58. The maximum absolute atomic E-state index is 11.4. The molecule has 1 rings (SSSR count). The fraction of sp³-hybridized carbons (Fsp3) is 0.333. The summed E-state index contributed by atoms with van der Waals surface area (Å²) in [5.41, 5.74) is 6.65. The zero-order chi connectivity index (χ0) is 11.3. The first-order chi connectivity index (χ1) is 7.05. The van der Waals surface area contributed by atoms with Crippen LogP contribution in [0.4, 0.5) is 5.69 Å². The minimum Gasteiger partial charge on any atom is -0.329 e. The van der Waals surface area contributed by atoms with E-state index >= 15 is 0 Å². The molecule has 0 saturated carbocycles. The van der Waals surface area contributed by atoms with E-state index in [-0.39, 0.29) is 13.1 Å². The van der Waals surface area contributed by atoms with Crippen molar-refractivity contribution < 1.29 is 8.42 Å². The molecule has 0 fully saturated rings. The summed E-state index contributed by atoms with van der Waals surface area (Å²) in [6, 6.07) is 7.16. The summed E-state index contributed by atoms with van der Waals surface area (Å²) in [5, 5.41) is 0. The molecule has 0 aromatic heterocycles. The summed E-state index contributed by atoms with van der Waals surface area (Å²) in [6.45, 7) is 2.33. The van der Waals surface area contributed by atoms with Gasteiger partial charge in [-0.1, -0.05) is 18.2 Å². The van der Waals surface area contributed by atoms with Gasteiger partial charge in [-0.2, -0.15) is 13.1 Å². The van der Waals surface area contributed by atoms with Crippen LogP contribution in [0, 0.1) is 6.92 Å². The Morgan fingerprint density at radius 3 is 2.60 bits per heavy atom. The molecule has 0 aliphatic carbocycles. The van der Waals surface area contributed by atoms with Gasteiger partial charge in [0.15, 0.2) is 0 Å². The van der Waals surface area contributed by atoms with E-state index in [0.29, 0.717) is 5.69 Å². The minimum atomic E-state index is -3.50. The van der Waals surface area contributed by atoms with Crippen molar-refractivity contribution in [3.8, 4) is 0 Å². The quantitative estimate of drug-likeness (QED) is 0.674. The summed E-state index contributed by atoms with van der Waals surface area (Å²) in [4.78, 5) is 0. The predicted molar refractivity (Wildman–Crippen MR) is 60.8 cm³/mol. The molecular formula is C9H15N3O2S. The van der Waals surface area contributed by atoms with E-state index in [9.17, 15) is 8.42 Å². The monoisotopic (exact) mass is 229 g/mol. The molecule has 0 atom stereocenters. The van der Waals surface area contributed by atoms with Crippen LogP contribution >= 0.6 is 0 Å². The van der Waals surface area contributed by atoms with E-state index < -0.39 is 10.2 Å². The number of benzene rings is 1. The van der Waals surface area contributed by atoms with Crippen LogP contribution in [0.2, 0.25) is 0 Å². The summed E-state index contributed by atoms with van der Waals surface area (Å²) >= 11 is 0. The molecule has 15 heavy (non-hydrogen) atoms. The highest BCUT2D eigenvalue weighted by Crippen LogP contribution is 2.13. The lowest BCUT2D eigenvalue weighted by atomic mass is 10.2. The normalized spacial score (nSPS) is 11.3. The average Bonchev–Trinajstić information content (AvgIpc) is 2.18. The second kappa shape index (κ2) is 5.11. The standard InChI is InChI=1S/C9H15N3O2S/c1-8-4-2-3-5-9(8)12-15(13,14)11-7-6-10/h2-5,11-12H,6-7,10H2,1H3. The van der Waals surface area contributed by atoms with E-state index in [1.807, 2.05) is 19.1 Å². The van der Waals surface area contributed by atoms with E-state index in [1.165, 1.54) is 0 Å². The number of anilines is 1. The third-order valence-electron chi connectivity index (χ3n) is 1.83. The SMILES string of the molecule is Cc1ccccc1NS(=O)(=O)NCCN. The summed E-state index contributed by atoms with van der Waals surface area (Å²) in [7, 11) is -3.50. The van der Waals surface area contributed by atoms with Crippen LogP contribution < -0.4 is 15.2 Å². The Balaban J connectivity index is 2.74. The van der Waals surface area contributed by atoms with Crippen molar-refractivity contribution in [2.45, 2.75) is 6.92 Å². The molecule has 0 heterocycles. The van der Waals surface area contributed by atoms with Crippen LogP contribution in [0.3, 0.4) is 0 Å². The van der Waals surface area contributed by atoms with E-state index in [4.69, 9.17) is 5.73 Å². The second-order valence-electron chi connectivity index (χ2n) is 3.10. The molecule has 0 spiro atoms. The lowest BCUT2D eigenvalue weighted by molar-refractivity contribution is 0.587. The molecule has 6 heteroatoms. The van der Waals surface area contributed by atoms with Gasteiger partial charge in [-0.05, 0) is 18.6 Å². The first-order valence-corrected chi connectivity index (χ1v) is 6.06. The number of nitrogens with two attached hydrogens (primary N) is 1. The topological polar surface area (TPSA) is 84.2 Å². The molecule has 0 aliphatic heterocycles. The number of rotatable bonds is 5. The third-order valence-corrected chi connectivity index (χ3v) is 2.90. The molecule has 5 nitrogen and oxygen atoms in total. The largest absolute Gasteiger partial charge is 0.329 e. The zero-order valence-electron chi connectivity index (χ0n) is 8.53. The Kier molecular flexibility index (Phi) is 4.07. The number of hydrogen-bond donors (Lipinski definition) is 3. The Bertz CT molecular complexity index is 417. The molecule has 0 aliphatic rings. The molecule has 84 valence electrons. The Hall–Kier alpha value is -1.11. The fourth-order valence-electron chi connectivity index (χ4n) is 1.06. The van der Waals surface area contributed by atoms with Crippen molar-refractivity contribution in [2.75, 3.05) is 17.8 Å². The molecule has 0 amide bonds. The number of para-hydroxylation sites is 1. The van der Waals surface area contributed by atoms with Crippen LogP contribution in [-0.2, 0) is 10.2 Å². The molecule has 0 unspecified atom stereocenters. The van der Waals surface area contributed by atoms with Crippen molar-refractivity contribution in [3.63, 3.8) is 0 Å². The average molecular weight is 229 g/mol.